The summed E-state index contributed by atoms with van der Waals surface area (Å²) in [6, 6.07) is 16.1. The van der Waals surface area contributed by atoms with Crippen molar-refractivity contribution in [2.75, 3.05) is 11.5 Å². The highest BCUT2D eigenvalue weighted by Gasteiger charge is 2.19. The van der Waals surface area contributed by atoms with Crippen LogP contribution in [0, 0.1) is 0 Å². The van der Waals surface area contributed by atoms with E-state index in [-0.39, 0.29) is 22.8 Å². The van der Waals surface area contributed by atoms with E-state index in [0.717, 1.165) is 0 Å². The number of sulfonamides is 1. The maximum atomic E-state index is 12.6. The average Bonchev–Trinajstić information content (AvgIpc) is 3.26. The average molecular weight is 474 g/mol. The SMILES string of the molecule is O=C(NNC(=O)c1ccc2c(c1)OCO2)c1cccc(S(=O)(=O)Nc2ccc(Cl)cc2)c1. The number of anilines is 1. The first-order valence-electron chi connectivity index (χ1n) is 9.21. The fourth-order valence-electron chi connectivity index (χ4n) is 2.83. The summed E-state index contributed by atoms with van der Waals surface area (Å²) in [5.41, 5.74) is 5.14. The molecular weight excluding hydrogens is 458 g/mol. The summed E-state index contributed by atoms with van der Waals surface area (Å²) in [5.74, 6) is -0.321. The first-order chi connectivity index (χ1) is 15.3. The van der Waals surface area contributed by atoms with Crippen LogP contribution in [0.5, 0.6) is 11.5 Å². The van der Waals surface area contributed by atoms with E-state index < -0.39 is 21.8 Å². The van der Waals surface area contributed by atoms with E-state index in [4.69, 9.17) is 21.1 Å². The summed E-state index contributed by atoms with van der Waals surface area (Å²) in [6.45, 7) is 0.0727. The Morgan fingerprint density at radius 3 is 2.19 bits per heavy atom. The largest absolute Gasteiger partial charge is 0.454 e. The van der Waals surface area contributed by atoms with Crippen molar-refractivity contribution in [3.05, 3.63) is 82.9 Å². The first-order valence-corrected chi connectivity index (χ1v) is 11.1. The second kappa shape index (κ2) is 8.77. The summed E-state index contributed by atoms with van der Waals surface area (Å²) in [5, 5.41) is 0.467. The van der Waals surface area contributed by atoms with Gasteiger partial charge in [-0.2, -0.15) is 0 Å². The second-order valence-electron chi connectivity index (χ2n) is 6.62. The van der Waals surface area contributed by atoms with Gasteiger partial charge in [0.1, 0.15) is 0 Å². The normalized spacial score (nSPS) is 12.2. The molecule has 0 spiro atoms. The van der Waals surface area contributed by atoms with E-state index in [1.165, 1.54) is 48.5 Å². The van der Waals surface area contributed by atoms with Crippen molar-refractivity contribution in [3.63, 3.8) is 0 Å². The molecule has 0 aromatic heterocycles. The van der Waals surface area contributed by atoms with E-state index in [1.54, 1.807) is 18.2 Å². The lowest BCUT2D eigenvalue weighted by atomic mass is 10.2. The standard InChI is InChI=1S/C21H16ClN3O6S/c22-15-5-7-16(8-6-15)25-32(28,29)17-3-1-2-13(10-17)20(26)23-24-21(27)14-4-9-18-19(11-14)31-12-30-18/h1-11,25H,12H2,(H,23,26)(H,24,27). The van der Waals surface area contributed by atoms with Crippen molar-refractivity contribution < 1.29 is 27.5 Å². The van der Waals surface area contributed by atoms with Crippen molar-refractivity contribution in [1.82, 2.24) is 10.9 Å². The Labute approximate surface area is 188 Å². The Kier molecular flexibility index (Phi) is 5.89. The van der Waals surface area contributed by atoms with Gasteiger partial charge in [-0.05, 0) is 60.7 Å². The van der Waals surface area contributed by atoms with Crippen LogP contribution < -0.4 is 25.0 Å². The van der Waals surface area contributed by atoms with Crippen LogP contribution in [0.3, 0.4) is 0 Å². The number of ether oxygens (including phenoxy) is 2. The lowest BCUT2D eigenvalue weighted by molar-refractivity contribution is 0.0846. The smallest absolute Gasteiger partial charge is 0.269 e. The van der Waals surface area contributed by atoms with E-state index in [1.807, 2.05) is 0 Å². The van der Waals surface area contributed by atoms with Crippen LogP contribution in [0.1, 0.15) is 20.7 Å². The highest BCUT2D eigenvalue weighted by atomic mass is 35.5. The molecule has 32 heavy (non-hydrogen) atoms. The van der Waals surface area contributed by atoms with Crippen LogP contribution >= 0.6 is 11.6 Å². The van der Waals surface area contributed by atoms with Gasteiger partial charge in [0, 0.05) is 21.8 Å². The van der Waals surface area contributed by atoms with Crippen LogP contribution in [0.4, 0.5) is 5.69 Å². The molecule has 2 amide bonds. The minimum atomic E-state index is -3.95. The van der Waals surface area contributed by atoms with Gasteiger partial charge in [-0.15, -0.1) is 0 Å². The number of hydrogen-bond acceptors (Lipinski definition) is 6. The van der Waals surface area contributed by atoms with Gasteiger partial charge in [-0.1, -0.05) is 17.7 Å². The van der Waals surface area contributed by atoms with Gasteiger partial charge in [0.05, 0.1) is 4.90 Å². The van der Waals surface area contributed by atoms with E-state index in [9.17, 15) is 18.0 Å². The van der Waals surface area contributed by atoms with Crippen LogP contribution in [0.2, 0.25) is 5.02 Å². The molecule has 164 valence electrons. The zero-order valence-corrected chi connectivity index (χ0v) is 17.9. The monoisotopic (exact) mass is 473 g/mol. The van der Waals surface area contributed by atoms with Crippen molar-refractivity contribution in [2.24, 2.45) is 0 Å². The lowest BCUT2D eigenvalue weighted by Crippen LogP contribution is -2.41. The quantitative estimate of drug-likeness (QED) is 0.490. The van der Waals surface area contributed by atoms with Crippen LogP contribution in [-0.2, 0) is 10.0 Å². The van der Waals surface area contributed by atoms with Gasteiger partial charge in [-0.25, -0.2) is 8.42 Å². The molecule has 1 aliphatic heterocycles. The molecule has 11 heteroatoms. The number of fused-ring (bicyclic) bond motifs is 1. The predicted molar refractivity (Wildman–Crippen MR) is 116 cm³/mol. The molecule has 1 aliphatic rings. The van der Waals surface area contributed by atoms with E-state index in [2.05, 4.69) is 15.6 Å². The summed E-state index contributed by atoms with van der Waals surface area (Å²) in [7, 11) is -3.95. The molecule has 0 radical (unpaired) electrons. The number of halogens is 1. The van der Waals surface area contributed by atoms with Gasteiger partial charge in [-0.3, -0.25) is 25.2 Å². The number of amides is 2. The molecule has 0 fully saturated rings. The molecule has 0 saturated carbocycles. The van der Waals surface area contributed by atoms with Crippen molar-refractivity contribution in [3.8, 4) is 11.5 Å². The molecule has 3 aromatic rings. The van der Waals surface area contributed by atoms with Gasteiger partial charge < -0.3 is 9.47 Å². The van der Waals surface area contributed by atoms with Crippen molar-refractivity contribution >= 4 is 39.1 Å². The molecular formula is C21H16ClN3O6S. The molecule has 1 heterocycles. The Hall–Kier alpha value is -3.76. The molecule has 0 unspecified atom stereocenters. The Balaban J connectivity index is 1.42. The maximum Gasteiger partial charge on any atom is 0.269 e. The van der Waals surface area contributed by atoms with Crippen molar-refractivity contribution in [2.45, 2.75) is 4.90 Å². The highest BCUT2D eigenvalue weighted by molar-refractivity contribution is 7.92. The number of hydrogen-bond donors (Lipinski definition) is 3. The van der Waals surface area contributed by atoms with Crippen LogP contribution in [0.15, 0.2) is 71.6 Å². The number of hydrazine groups is 1. The third kappa shape index (κ3) is 4.76. The first kappa shape index (κ1) is 21.5. The van der Waals surface area contributed by atoms with Gasteiger partial charge >= 0.3 is 0 Å². The third-order valence-electron chi connectivity index (χ3n) is 4.43. The summed E-state index contributed by atoms with van der Waals surface area (Å²) < 4.78 is 38.1. The summed E-state index contributed by atoms with van der Waals surface area (Å²) in [4.78, 5) is 24.6. The van der Waals surface area contributed by atoms with Crippen LogP contribution in [-0.4, -0.2) is 27.0 Å². The Morgan fingerprint density at radius 2 is 1.47 bits per heavy atom. The molecule has 3 N–H and O–H groups in total. The highest BCUT2D eigenvalue weighted by Crippen LogP contribution is 2.32. The summed E-state index contributed by atoms with van der Waals surface area (Å²) >= 11 is 5.81. The van der Waals surface area contributed by atoms with Crippen molar-refractivity contribution in [1.29, 1.82) is 0 Å². The molecule has 0 bridgehead atoms. The Morgan fingerprint density at radius 1 is 0.812 bits per heavy atom. The fraction of sp³-hybridized carbons (Fsp3) is 0.0476. The fourth-order valence-corrected chi connectivity index (χ4v) is 4.06. The van der Waals surface area contributed by atoms with Gasteiger partial charge in [0.2, 0.25) is 6.79 Å². The van der Waals surface area contributed by atoms with E-state index >= 15 is 0 Å². The second-order valence-corrected chi connectivity index (χ2v) is 8.74. The molecule has 4 rings (SSSR count). The Bertz CT molecular complexity index is 1300. The molecule has 0 aliphatic carbocycles. The van der Waals surface area contributed by atoms with E-state index in [0.29, 0.717) is 22.2 Å². The summed E-state index contributed by atoms with van der Waals surface area (Å²) in [6.07, 6.45) is 0. The zero-order chi connectivity index (χ0) is 22.7. The van der Waals surface area contributed by atoms with Gasteiger partial charge in [0.25, 0.3) is 21.8 Å². The third-order valence-corrected chi connectivity index (χ3v) is 6.06. The molecule has 9 nitrogen and oxygen atoms in total. The maximum absolute atomic E-state index is 12.6. The minimum absolute atomic E-state index is 0.0370. The number of nitrogens with one attached hydrogen (secondary N) is 3. The minimum Gasteiger partial charge on any atom is -0.454 e. The number of rotatable bonds is 5. The number of carbonyl (C=O) groups is 2. The number of benzene rings is 3. The molecule has 0 atom stereocenters. The predicted octanol–water partition coefficient (Wildman–Crippen LogP) is 2.94. The zero-order valence-electron chi connectivity index (χ0n) is 16.3. The molecule has 0 saturated heterocycles. The van der Waals surface area contributed by atoms with Gasteiger partial charge in [0.15, 0.2) is 11.5 Å². The number of carbonyl (C=O) groups excluding carboxylic acids is 2. The molecule has 3 aromatic carbocycles. The topological polar surface area (TPSA) is 123 Å². The van der Waals surface area contributed by atoms with Crippen LogP contribution in [0.25, 0.3) is 0 Å². The lowest BCUT2D eigenvalue weighted by Gasteiger charge is -2.11.